The minimum Gasteiger partial charge on any atom is -0.269 e. The van der Waals surface area contributed by atoms with Gasteiger partial charge in [0.15, 0.2) is 0 Å². The lowest BCUT2D eigenvalue weighted by Crippen LogP contribution is -2.23. The third kappa shape index (κ3) is 4.84. The summed E-state index contributed by atoms with van der Waals surface area (Å²) < 4.78 is 0. The largest absolute Gasteiger partial charge is 0.269 e. The van der Waals surface area contributed by atoms with Crippen molar-refractivity contribution in [3.63, 3.8) is 0 Å². The molecule has 0 spiro atoms. The molecule has 3 atom stereocenters. The fourth-order valence-corrected chi connectivity index (χ4v) is 2.87. The second-order valence-electron chi connectivity index (χ2n) is 6.01. The zero-order chi connectivity index (χ0) is 15.7. The zero-order valence-electron chi connectivity index (χ0n) is 14.3. The molecule has 0 bridgehead atoms. The summed E-state index contributed by atoms with van der Waals surface area (Å²) in [4.78, 5) is 4.28. The third-order valence-corrected chi connectivity index (χ3v) is 3.64. The summed E-state index contributed by atoms with van der Waals surface area (Å²) in [6, 6.07) is 8.81. The number of hydrogen-bond donors (Lipinski definition) is 0. The van der Waals surface area contributed by atoms with E-state index in [1.807, 2.05) is 6.20 Å². The average molecular weight is 285 g/mol. The van der Waals surface area contributed by atoms with Gasteiger partial charge in [0.2, 0.25) is 0 Å². The van der Waals surface area contributed by atoms with Crippen molar-refractivity contribution < 1.29 is 0 Å². The van der Waals surface area contributed by atoms with Crippen LogP contribution in [0.5, 0.6) is 0 Å². The highest BCUT2D eigenvalue weighted by molar-refractivity contribution is 5.72. The molecule has 0 radical (unpaired) electrons. The maximum atomic E-state index is 4.28. The lowest BCUT2D eigenvalue weighted by molar-refractivity contribution is 0.467. The first kappa shape index (κ1) is 17.7. The third-order valence-electron chi connectivity index (χ3n) is 3.64. The molecular weight excluding hydrogens is 254 g/mol. The molecule has 1 aromatic rings. The van der Waals surface area contributed by atoms with E-state index in [4.69, 9.17) is 0 Å². The number of hydrogen-bond acceptors (Lipinski definition) is 1. The van der Waals surface area contributed by atoms with E-state index in [1.165, 1.54) is 30.4 Å². The van der Waals surface area contributed by atoms with Crippen molar-refractivity contribution in [3.05, 3.63) is 47.7 Å². The first-order valence-corrected chi connectivity index (χ1v) is 8.48. The molecule has 1 heteroatoms. The minimum absolute atomic E-state index is 0.516. The first-order valence-electron chi connectivity index (χ1n) is 8.48. The van der Waals surface area contributed by atoms with E-state index in [9.17, 15) is 0 Å². The van der Waals surface area contributed by atoms with Crippen LogP contribution in [0, 0.1) is 5.92 Å². The van der Waals surface area contributed by atoms with Crippen LogP contribution in [0.1, 0.15) is 76.8 Å². The normalized spacial score (nSPS) is 24.7. The molecule has 116 valence electrons. The van der Waals surface area contributed by atoms with Crippen LogP contribution < -0.4 is 0 Å². The van der Waals surface area contributed by atoms with Crippen LogP contribution in [-0.4, -0.2) is 6.21 Å². The van der Waals surface area contributed by atoms with Crippen LogP contribution in [0.3, 0.4) is 0 Å². The predicted molar refractivity (Wildman–Crippen MR) is 95.3 cm³/mol. The Hall–Kier alpha value is -1.37. The Morgan fingerprint density at radius 2 is 1.57 bits per heavy atom. The molecule has 1 aromatic carbocycles. The second-order valence-corrected chi connectivity index (χ2v) is 6.01. The summed E-state index contributed by atoms with van der Waals surface area (Å²) in [7, 11) is 0. The molecule has 0 aromatic heterocycles. The Morgan fingerprint density at radius 1 is 1.00 bits per heavy atom. The highest BCUT2D eigenvalue weighted by Gasteiger charge is 2.31. The van der Waals surface area contributed by atoms with E-state index in [1.54, 1.807) is 0 Å². The monoisotopic (exact) mass is 285 g/mol. The van der Waals surface area contributed by atoms with Crippen LogP contribution in [0.2, 0.25) is 0 Å². The number of allylic oxidation sites excluding steroid dienone is 1. The van der Waals surface area contributed by atoms with Crippen LogP contribution >= 0.6 is 0 Å². The predicted octanol–water partition coefficient (Wildman–Crippen LogP) is 6.32. The topological polar surface area (TPSA) is 12.4 Å². The molecule has 1 heterocycles. The lowest BCUT2D eigenvalue weighted by atomic mass is 9.71. The van der Waals surface area contributed by atoms with Crippen molar-refractivity contribution in [1.82, 2.24) is 0 Å². The maximum Gasteiger partial charge on any atom is 0.0259 e. The smallest absolute Gasteiger partial charge is 0.0259 e. The summed E-state index contributed by atoms with van der Waals surface area (Å²) in [5.41, 5.74) is 3.00. The quantitative estimate of drug-likeness (QED) is 0.528. The number of benzene rings is 1. The summed E-state index contributed by atoms with van der Waals surface area (Å²) in [5.74, 6) is 1.85. The van der Waals surface area contributed by atoms with Crippen molar-refractivity contribution >= 4 is 6.21 Å². The van der Waals surface area contributed by atoms with Crippen molar-refractivity contribution in [2.45, 2.75) is 65.7 Å². The fourth-order valence-electron chi connectivity index (χ4n) is 2.87. The summed E-state index contributed by atoms with van der Waals surface area (Å²) in [6.07, 6.45) is 10.1. The molecule has 0 amide bonds. The molecule has 0 saturated heterocycles. The molecule has 1 aliphatic carbocycles. The Kier molecular flexibility index (Phi) is 8.04. The van der Waals surface area contributed by atoms with Crippen LogP contribution in [-0.2, 0) is 0 Å². The van der Waals surface area contributed by atoms with Crippen molar-refractivity contribution in [2.24, 2.45) is 10.9 Å². The fraction of sp³-hybridized carbons (Fsp3) is 0.550. The van der Waals surface area contributed by atoms with E-state index < -0.39 is 0 Å². The van der Waals surface area contributed by atoms with E-state index in [-0.39, 0.29) is 0 Å². The van der Waals surface area contributed by atoms with Gasteiger partial charge in [0, 0.05) is 18.3 Å². The Labute approximate surface area is 131 Å². The van der Waals surface area contributed by atoms with Gasteiger partial charge in [-0.1, -0.05) is 77.8 Å². The second kappa shape index (κ2) is 9.55. The van der Waals surface area contributed by atoms with E-state index >= 15 is 0 Å². The Balaban J connectivity index is 0.000000321. The molecule has 3 unspecified atom stereocenters. The van der Waals surface area contributed by atoms with Crippen LogP contribution in [0.15, 0.2) is 41.5 Å². The number of aliphatic imine (C=N–C) groups is 1. The standard InChI is InChI=1S/C14H15N.2C3H8/c1-10-8-11-6-7-15-9-14(11)13-5-3-2-4-12(10)13;2*1-3-2/h2-7,9-11,14H,8H2,1H3;2*3H2,1-2H3. The zero-order valence-corrected chi connectivity index (χ0v) is 14.3. The van der Waals surface area contributed by atoms with E-state index in [2.05, 4.69) is 76.2 Å². The molecule has 0 fully saturated rings. The van der Waals surface area contributed by atoms with Gasteiger partial charge in [0.1, 0.15) is 0 Å². The molecular formula is C20H31N. The van der Waals surface area contributed by atoms with Crippen LogP contribution in [0.25, 0.3) is 0 Å². The number of nitrogens with zero attached hydrogens (tertiary/aromatic N) is 1. The average Bonchev–Trinajstić information content (AvgIpc) is 2.49. The van der Waals surface area contributed by atoms with Gasteiger partial charge in [-0.25, -0.2) is 0 Å². The molecule has 2 aliphatic rings. The lowest BCUT2D eigenvalue weighted by Gasteiger charge is -2.34. The highest BCUT2D eigenvalue weighted by atomic mass is 14.7. The van der Waals surface area contributed by atoms with Gasteiger partial charge in [0.05, 0.1) is 0 Å². The summed E-state index contributed by atoms with van der Waals surface area (Å²) in [6.45, 7) is 10.8. The van der Waals surface area contributed by atoms with E-state index in [0.29, 0.717) is 17.8 Å². The Morgan fingerprint density at radius 3 is 2.19 bits per heavy atom. The molecule has 21 heavy (non-hydrogen) atoms. The van der Waals surface area contributed by atoms with Gasteiger partial charge in [-0.05, 0) is 29.4 Å². The number of rotatable bonds is 0. The van der Waals surface area contributed by atoms with Crippen molar-refractivity contribution in [3.8, 4) is 0 Å². The van der Waals surface area contributed by atoms with Gasteiger partial charge in [-0.15, -0.1) is 0 Å². The minimum atomic E-state index is 0.516. The molecule has 0 saturated carbocycles. The van der Waals surface area contributed by atoms with Gasteiger partial charge in [-0.2, -0.15) is 0 Å². The maximum absolute atomic E-state index is 4.28. The summed E-state index contributed by atoms with van der Waals surface area (Å²) in [5, 5.41) is 0. The van der Waals surface area contributed by atoms with Crippen LogP contribution in [0.4, 0.5) is 0 Å². The van der Waals surface area contributed by atoms with Crippen molar-refractivity contribution in [1.29, 1.82) is 0 Å². The molecule has 1 aliphatic heterocycles. The van der Waals surface area contributed by atoms with Gasteiger partial charge in [-0.3, -0.25) is 4.99 Å². The highest BCUT2D eigenvalue weighted by Crippen LogP contribution is 2.42. The SMILES string of the molecule is CC1CC2C=CN=CC2c2ccccc21.CCC.CCC. The van der Waals surface area contributed by atoms with Crippen molar-refractivity contribution in [2.75, 3.05) is 0 Å². The summed E-state index contributed by atoms with van der Waals surface area (Å²) >= 11 is 0. The molecule has 3 rings (SSSR count). The first-order chi connectivity index (χ1) is 10.2. The Bertz CT molecular complexity index is 457. The van der Waals surface area contributed by atoms with Gasteiger partial charge < -0.3 is 0 Å². The number of fused-ring (bicyclic) bond motifs is 3. The molecule has 1 nitrogen and oxygen atoms in total. The van der Waals surface area contributed by atoms with Gasteiger partial charge >= 0.3 is 0 Å². The van der Waals surface area contributed by atoms with E-state index in [0.717, 1.165) is 0 Å². The molecule has 0 N–H and O–H groups in total. The van der Waals surface area contributed by atoms with Gasteiger partial charge in [0.25, 0.3) is 0 Å².